The number of hydrogen-bond donors (Lipinski definition) is 1. The van der Waals surface area contributed by atoms with E-state index in [1.807, 2.05) is 30.3 Å². The molecule has 1 saturated carbocycles. The van der Waals surface area contributed by atoms with Gasteiger partial charge >= 0.3 is 0 Å². The van der Waals surface area contributed by atoms with Crippen molar-refractivity contribution in [3.63, 3.8) is 0 Å². The number of nitrogens with one attached hydrogen (secondary N) is 1. The Balaban J connectivity index is 1.35. The number of rotatable bonds is 5. The molecule has 1 unspecified atom stereocenters. The summed E-state index contributed by atoms with van der Waals surface area (Å²) in [6, 6.07) is 12.7. The third kappa shape index (κ3) is 3.87. The van der Waals surface area contributed by atoms with E-state index in [1.54, 1.807) is 12.3 Å². The summed E-state index contributed by atoms with van der Waals surface area (Å²) >= 11 is 3.32. The zero-order valence-corrected chi connectivity index (χ0v) is 17.1. The standard InChI is InChI=1S/C21H24BrN3O2/c1-13-18-9-16(25(13)2)10-20(18)27-17-5-3-4-14(8-17)11-24-21(26)19-7-6-15(22)12-23-19/h3-8,12-13,16,18,20H,9-11H2,1-2H3,(H,24,26)/t13-,16+,18?,20+/m1/s1. The van der Waals surface area contributed by atoms with Crippen LogP contribution in [0.3, 0.4) is 0 Å². The number of fused-ring (bicyclic) bond motifs is 2. The molecule has 1 aromatic carbocycles. The van der Waals surface area contributed by atoms with E-state index in [2.05, 4.69) is 45.1 Å². The summed E-state index contributed by atoms with van der Waals surface area (Å²) in [6.07, 6.45) is 4.25. The smallest absolute Gasteiger partial charge is 0.270 e. The maximum Gasteiger partial charge on any atom is 0.270 e. The van der Waals surface area contributed by atoms with Crippen LogP contribution in [0.25, 0.3) is 0 Å². The first-order chi connectivity index (χ1) is 13.0. The first-order valence-electron chi connectivity index (χ1n) is 9.38. The molecule has 6 heteroatoms. The molecule has 1 aliphatic carbocycles. The normalized spacial score (nSPS) is 26.9. The van der Waals surface area contributed by atoms with Gasteiger partial charge in [0.1, 0.15) is 17.5 Å². The van der Waals surface area contributed by atoms with Crippen molar-refractivity contribution in [3.8, 4) is 5.75 Å². The molecule has 142 valence electrons. The fourth-order valence-corrected chi connectivity index (χ4v) is 4.54. The van der Waals surface area contributed by atoms with Gasteiger partial charge in [-0.2, -0.15) is 0 Å². The van der Waals surface area contributed by atoms with Crippen LogP contribution in [0, 0.1) is 5.92 Å². The Labute approximate surface area is 168 Å². The van der Waals surface area contributed by atoms with Crippen molar-refractivity contribution >= 4 is 21.8 Å². The summed E-state index contributed by atoms with van der Waals surface area (Å²) in [5, 5.41) is 2.92. The predicted octanol–water partition coefficient (Wildman–Crippen LogP) is 3.63. The Morgan fingerprint density at radius 3 is 2.89 bits per heavy atom. The summed E-state index contributed by atoms with van der Waals surface area (Å²) in [5.41, 5.74) is 1.43. The highest BCUT2D eigenvalue weighted by atomic mass is 79.9. The number of benzene rings is 1. The number of aromatic nitrogens is 1. The van der Waals surface area contributed by atoms with E-state index in [-0.39, 0.29) is 12.0 Å². The van der Waals surface area contributed by atoms with Crippen molar-refractivity contribution in [2.75, 3.05) is 7.05 Å². The second-order valence-electron chi connectivity index (χ2n) is 7.54. The highest BCUT2D eigenvalue weighted by Gasteiger charge is 2.48. The summed E-state index contributed by atoms with van der Waals surface area (Å²) in [5.74, 6) is 1.31. The Morgan fingerprint density at radius 1 is 1.33 bits per heavy atom. The fraction of sp³-hybridized carbons (Fsp3) is 0.429. The van der Waals surface area contributed by atoms with Gasteiger partial charge < -0.3 is 15.0 Å². The molecule has 2 bridgehead atoms. The van der Waals surface area contributed by atoms with Crippen molar-refractivity contribution < 1.29 is 9.53 Å². The Hall–Kier alpha value is -1.92. The van der Waals surface area contributed by atoms with Crippen LogP contribution in [-0.2, 0) is 6.54 Å². The molecule has 5 nitrogen and oxygen atoms in total. The lowest BCUT2D eigenvalue weighted by Gasteiger charge is -2.34. The SMILES string of the molecule is C[C@@H]1C2C[C@@H](C[C@@H]2Oc2cccc(CNC(=O)c3ccc(Br)cn3)c2)N1C. The quantitative estimate of drug-likeness (QED) is 0.787. The van der Waals surface area contributed by atoms with Gasteiger partial charge in [-0.15, -0.1) is 0 Å². The monoisotopic (exact) mass is 429 g/mol. The number of ether oxygens (including phenoxy) is 1. The van der Waals surface area contributed by atoms with E-state index >= 15 is 0 Å². The molecule has 4 atom stereocenters. The van der Waals surface area contributed by atoms with Crippen LogP contribution >= 0.6 is 15.9 Å². The van der Waals surface area contributed by atoms with Gasteiger partial charge in [0.05, 0.1) is 0 Å². The molecule has 0 radical (unpaired) electrons. The van der Waals surface area contributed by atoms with Gasteiger partial charge in [0.15, 0.2) is 0 Å². The van der Waals surface area contributed by atoms with Gasteiger partial charge in [0.25, 0.3) is 5.91 Å². The summed E-state index contributed by atoms with van der Waals surface area (Å²) < 4.78 is 7.17. The molecule has 2 aromatic rings. The van der Waals surface area contributed by atoms with E-state index < -0.39 is 0 Å². The summed E-state index contributed by atoms with van der Waals surface area (Å²) in [4.78, 5) is 18.8. The minimum atomic E-state index is -0.182. The molecule has 27 heavy (non-hydrogen) atoms. The molecule has 2 aliphatic rings. The molecule has 1 saturated heterocycles. The first kappa shape index (κ1) is 18.4. The number of likely N-dealkylation sites (tertiary alicyclic amines) is 1. The number of piperidine rings is 1. The largest absolute Gasteiger partial charge is 0.490 e. The van der Waals surface area contributed by atoms with E-state index in [0.29, 0.717) is 30.2 Å². The number of carbonyl (C=O) groups is 1. The van der Waals surface area contributed by atoms with Gasteiger partial charge in [-0.05, 0) is 66.2 Å². The maximum absolute atomic E-state index is 12.2. The van der Waals surface area contributed by atoms with Crippen LogP contribution in [0.1, 0.15) is 35.8 Å². The Morgan fingerprint density at radius 2 is 2.19 bits per heavy atom. The van der Waals surface area contributed by atoms with Crippen LogP contribution in [-0.4, -0.2) is 41.0 Å². The summed E-state index contributed by atoms with van der Waals surface area (Å²) in [6.45, 7) is 2.74. The lowest BCUT2D eigenvalue weighted by Crippen LogP contribution is -2.43. The van der Waals surface area contributed by atoms with Crippen LogP contribution in [0.2, 0.25) is 0 Å². The van der Waals surface area contributed by atoms with Crippen LogP contribution in [0.15, 0.2) is 47.1 Å². The average Bonchev–Trinajstić information content (AvgIpc) is 3.20. The molecule has 1 N–H and O–H groups in total. The van der Waals surface area contributed by atoms with Crippen LogP contribution in [0.4, 0.5) is 0 Å². The molecule has 2 heterocycles. The van der Waals surface area contributed by atoms with Gasteiger partial charge in [0.2, 0.25) is 0 Å². The first-order valence-corrected chi connectivity index (χ1v) is 10.2. The van der Waals surface area contributed by atoms with E-state index in [4.69, 9.17) is 4.74 Å². The molecule has 1 aromatic heterocycles. The van der Waals surface area contributed by atoms with Gasteiger partial charge in [-0.3, -0.25) is 4.79 Å². The minimum absolute atomic E-state index is 0.182. The zero-order valence-electron chi connectivity index (χ0n) is 15.6. The van der Waals surface area contributed by atoms with Gasteiger partial charge in [-0.1, -0.05) is 12.1 Å². The number of pyridine rings is 1. The number of hydrogen-bond acceptors (Lipinski definition) is 4. The van der Waals surface area contributed by atoms with E-state index in [1.165, 1.54) is 6.42 Å². The van der Waals surface area contributed by atoms with Crippen molar-refractivity contribution in [3.05, 3.63) is 58.3 Å². The lowest BCUT2D eigenvalue weighted by molar-refractivity contribution is 0.0692. The number of nitrogens with zero attached hydrogens (tertiary/aromatic N) is 2. The van der Waals surface area contributed by atoms with Crippen LogP contribution in [0.5, 0.6) is 5.75 Å². The molecule has 1 amide bonds. The van der Waals surface area contributed by atoms with Crippen molar-refractivity contribution in [2.45, 2.75) is 44.5 Å². The third-order valence-electron chi connectivity index (χ3n) is 5.96. The average molecular weight is 430 g/mol. The fourth-order valence-electron chi connectivity index (χ4n) is 4.30. The number of amides is 1. The minimum Gasteiger partial charge on any atom is -0.490 e. The van der Waals surface area contributed by atoms with Crippen molar-refractivity contribution in [1.29, 1.82) is 0 Å². The molecular weight excluding hydrogens is 406 g/mol. The topological polar surface area (TPSA) is 54.5 Å². The predicted molar refractivity (Wildman–Crippen MR) is 108 cm³/mol. The molecule has 0 spiro atoms. The molecular formula is C21H24BrN3O2. The van der Waals surface area contributed by atoms with E-state index in [0.717, 1.165) is 22.2 Å². The Bertz CT molecular complexity index is 824. The van der Waals surface area contributed by atoms with Crippen molar-refractivity contribution in [2.24, 2.45) is 5.92 Å². The van der Waals surface area contributed by atoms with Crippen LogP contribution < -0.4 is 10.1 Å². The molecule has 1 aliphatic heterocycles. The second kappa shape index (κ2) is 7.60. The maximum atomic E-state index is 12.2. The summed E-state index contributed by atoms with van der Waals surface area (Å²) in [7, 11) is 2.22. The highest BCUT2D eigenvalue weighted by molar-refractivity contribution is 9.10. The van der Waals surface area contributed by atoms with Gasteiger partial charge in [-0.25, -0.2) is 4.98 Å². The molecule has 4 rings (SSSR count). The second-order valence-corrected chi connectivity index (χ2v) is 8.46. The van der Waals surface area contributed by atoms with Gasteiger partial charge in [0, 0.05) is 41.6 Å². The molecule has 2 fully saturated rings. The van der Waals surface area contributed by atoms with Crippen molar-refractivity contribution in [1.82, 2.24) is 15.2 Å². The number of carbonyl (C=O) groups excluding carboxylic acids is 1. The lowest BCUT2D eigenvalue weighted by atomic mass is 9.97. The third-order valence-corrected chi connectivity index (χ3v) is 6.43. The number of halogens is 1. The highest BCUT2D eigenvalue weighted by Crippen LogP contribution is 2.43. The Kier molecular flexibility index (Phi) is 5.19. The zero-order chi connectivity index (χ0) is 19.0. The van der Waals surface area contributed by atoms with E-state index in [9.17, 15) is 4.79 Å².